The summed E-state index contributed by atoms with van der Waals surface area (Å²) in [5, 5.41) is 0. The number of piperidine rings is 1. The zero-order chi connectivity index (χ0) is 19.4. The molecule has 6 nitrogen and oxygen atoms in total. The number of nitrogens with zero attached hydrogens (tertiary/aromatic N) is 1. The predicted molar refractivity (Wildman–Crippen MR) is 99.5 cm³/mol. The van der Waals surface area contributed by atoms with E-state index in [1.54, 1.807) is 4.90 Å². The minimum absolute atomic E-state index is 0.223. The molecule has 1 amide bonds. The molecule has 144 valence electrons. The lowest BCUT2D eigenvalue weighted by Gasteiger charge is -2.40. The van der Waals surface area contributed by atoms with Crippen LogP contribution in [0.25, 0.3) is 0 Å². The number of carbonyl (C=O) groups is 2. The summed E-state index contributed by atoms with van der Waals surface area (Å²) in [5.41, 5.74) is 6.66. The van der Waals surface area contributed by atoms with Gasteiger partial charge in [-0.25, -0.2) is 4.79 Å². The lowest BCUT2D eigenvalue weighted by atomic mass is 9.73. The third-order valence-corrected chi connectivity index (χ3v) is 4.76. The maximum atomic E-state index is 12.6. The fraction of sp³-hybridized carbons (Fsp3) is 0.600. The highest BCUT2D eigenvalue weighted by Gasteiger charge is 2.44. The van der Waals surface area contributed by atoms with E-state index in [4.69, 9.17) is 15.2 Å². The highest BCUT2D eigenvalue weighted by molar-refractivity contribution is 5.78. The summed E-state index contributed by atoms with van der Waals surface area (Å²) in [6.07, 6.45) is 1.34. The van der Waals surface area contributed by atoms with Crippen LogP contribution in [0.5, 0.6) is 0 Å². The van der Waals surface area contributed by atoms with Crippen molar-refractivity contribution in [1.82, 2.24) is 4.90 Å². The molecule has 0 saturated carbocycles. The van der Waals surface area contributed by atoms with Gasteiger partial charge in [-0.15, -0.1) is 0 Å². The summed E-state index contributed by atoms with van der Waals surface area (Å²) in [6.45, 7) is 6.95. The van der Waals surface area contributed by atoms with Crippen LogP contribution in [0.3, 0.4) is 0 Å². The minimum atomic E-state index is -0.625. The van der Waals surface area contributed by atoms with E-state index < -0.39 is 11.0 Å². The van der Waals surface area contributed by atoms with Crippen LogP contribution in [0.4, 0.5) is 4.79 Å². The van der Waals surface area contributed by atoms with Gasteiger partial charge >= 0.3 is 12.1 Å². The third kappa shape index (κ3) is 4.97. The average molecular weight is 362 g/mol. The van der Waals surface area contributed by atoms with E-state index in [0.29, 0.717) is 38.9 Å². The van der Waals surface area contributed by atoms with Crippen molar-refractivity contribution < 1.29 is 19.1 Å². The van der Waals surface area contributed by atoms with E-state index in [1.807, 2.05) is 45.0 Å². The highest BCUT2D eigenvalue weighted by Crippen LogP contribution is 2.37. The first-order valence-corrected chi connectivity index (χ1v) is 9.03. The van der Waals surface area contributed by atoms with E-state index >= 15 is 0 Å². The van der Waals surface area contributed by atoms with Crippen LogP contribution in [0.1, 0.15) is 44.7 Å². The van der Waals surface area contributed by atoms with E-state index in [2.05, 4.69) is 0 Å². The number of amides is 1. The maximum absolute atomic E-state index is 12.6. The molecule has 1 aromatic rings. The molecule has 1 heterocycles. The molecule has 1 aliphatic heterocycles. The summed E-state index contributed by atoms with van der Waals surface area (Å²) < 4.78 is 10.5. The molecule has 0 bridgehead atoms. The number of rotatable bonds is 4. The lowest BCUT2D eigenvalue weighted by molar-refractivity contribution is -0.155. The Morgan fingerprint density at radius 1 is 1.19 bits per heavy atom. The van der Waals surface area contributed by atoms with Crippen LogP contribution in [-0.4, -0.2) is 42.8 Å². The maximum Gasteiger partial charge on any atom is 0.410 e. The highest BCUT2D eigenvalue weighted by atomic mass is 16.6. The van der Waals surface area contributed by atoms with Gasteiger partial charge < -0.3 is 20.1 Å². The Morgan fingerprint density at radius 2 is 1.81 bits per heavy atom. The smallest absolute Gasteiger partial charge is 0.410 e. The number of methoxy groups -OCH3 is 1. The molecule has 0 aliphatic carbocycles. The Labute approximate surface area is 155 Å². The zero-order valence-electron chi connectivity index (χ0n) is 16.2. The molecule has 6 heteroatoms. The predicted octanol–water partition coefficient (Wildman–Crippen LogP) is 2.88. The van der Waals surface area contributed by atoms with Crippen molar-refractivity contribution in [1.29, 1.82) is 0 Å². The van der Waals surface area contributed by atoms with Gasteiger partial charge in [0.05, 0.1) is 12.5 Å². The monoisotopic (exact) mass is 362 g/mol. The molecular formula is C20H30N2O4. The zero-order valence-corrected chi connectivity index (χ0v) is 16.2. The van der Waals surface area contributed by atoms with Crippen molar-refractivity contribution in [2.45, 2.75) is 52.2 Å². The van der Waals surface area contributed by atoms with Gasteiger partial charge in [0.2, 0.25) is 0 Å². The molecule has 26 heavy (non-hydrogen) atoms. The summed E-state index contributed by atoms with van der Waals surface area (Å²) in [6, 6.07) is 7.97. The second kappa shape index (κ2) is 8.08. The first-order chi connectivity index (χ1) is 12.2. The Hall–Kier alpha value is -2.08. The van der Waals surface area contributed by atoms with Crippen molar-refractivity contribution in [3.63, 3.8) is 0 Å². The summed E-state index contributed by atoms with van der Waals surface area (Å²) in [5.74, 6) is -0.223. The van der Waals surface area contributed by atoms with Gasteiger partial charge in [0.1, 0.15) is 5.60 Å². The quantitative estimate of drug-likeness (QED) is 0.833. The van der Waals surface area contributed by atoms with Crippen LogP contribution in [0.15, 0.2) is 24.3 Å². The normalized spacial score (nSPS) is 16.9. The van der Waals surface area contributed by atoms with Crippen LogP contribution in [0, 0.1) is 5.41 Å². The van der Waals surface area contributed by atoms with Gasteiger partial charge in [0.25, 0.3) is 0 Å². The van der Waals surface area contributed by atoms with Crippen LogP contribution in [0.2, 0.25) is 0 Å². The largest absolute Gasteiger partial charge is 0.469 e. The Morgan fingerprint density at radius 3 is 2.35 bits per heavy atom. The van der Waals surface area contributed by atoms with Crippen molar-refractivity contribution in [3.8, 4) is 0 Å². The summed E-state index contributed by atoms with van der Waals surface area (Å²) in [4.78, 5) is 26.5. The molecule has 1 fully saturated rings. The first-order valence-electron chi connectivity index (χ1n) is 9.03. The molecule has 1 saturated heterocycles. The fourth-order valence-electron chi connectivity index (χ4n) is 3.37. The van der Waals surface area contributed by atoms with Crippen molar-refractivity contribution in [2.75, 3.05) is 20.2 Å². The van der Waals surface area contributed by atoms with Crippen molar-refractivity contribution >= 4 is 12.1 Å². The number of hydrogen-bond acceptors (Lipinski definition) is 5. The number of esters is 1. The standard InChI is InChI=1S/C20H30N2O4/c1-19(2,3)26-18(24)22-10-8-20(9-11-22,17(23)25-4)13-15-6-5-7-16(12-15)14-21/h5-7,12H,8-11,13-14,21H2,1-4H3. The van der Waals surface area contributed by atoms with Crippen molar-refractivity contribution in [3.05, 3.63) is 35.4 Å². The Balaban J connectivity index is 2.12. The summed E-state index contributed by atoms with van der Waals surface area (Å²) in [7, 11) is 1.42. The second-order valence-electron chi connectivity index (χ2n) is 7.94. The molecular weight excluding hydrogens is 332 g/mol. The minimum Gasteiger partial charge on any atom is -0.469 e. The van der Waals surface area contributed by atoms with Gasteiger partial charge in [0, 0.05) is 19.6 Å². The van der Waals surface area contributed by atoms with Gasteiger partial charge in [-0.2, -0.15) is 0 Å². The van der Waals surface area contributed by atoms with Crippen molar-refractivity contribution in [2.24, 2.45) is 11.1 Å². The van der Waals surface area contributed by atoms with E-state index in [-0.39, 0.29) is 12.1 Å². The number of hydrogen-bond donors (Lipinski definition) is 1. The third-order valence-electron chi connectivity index (χ3n) is 4.76. The second-order valence-corrected chi connectivity index (χ2v) is 7.94. The van der Waals surface area contributed by atoms with Crippen LogP contribution in [-0.2, 0) is 27.2 Å². The Kier molecular flexibility index (Phi) is 6.29. The average Bonchev–Trinajstić information content (AvgIpc) is 2.60. The van der Waals surface area contributed by atoms with E-state index in [1.165, 1.54) is 7.11 Å². The number of nitrogens with two attached hydrogens (primary N) is 1. The molecule has 0 radical (unpaired) electrons. The molecule has 0 unspecified atom stereocenters. The molecule has 0 atom stereocenters. The topological polar surface area (TPSA) is 81.9 Å². The molecule has 2 N–H and O–H groups in total. The molecule has 1 aromatic carbocycles. The molecule has 2 rings (SSSR count). The molecule has 1 aliphatic rings. The van der Waals surface area contributed by atoms with Gasteiger partial charge in [-0.1, -0.05) is 24.3 Å². The Bertz CT molecular complexity index is 643. The van der Waals surface area contributed by atoms with Gasteiger partial charge in [-0.05, 0) is 51.2 Å². The fourth-order valence-corrected chi connectivity index (χ4v) is 3.37. The van der Waals surface area contributed by atoms with E-state index in [9.17, 15) is 9.59 Å². The number of benzene rings is 1. The first kappa shape index (κ1) is 20.2. The SMILES string of the molecule is COC(=O)C1(Cc2cccc(CN)c2)CCN(C(=O)OC(C)(C)C)CC1. The van der Waals surface area contributed by atoms with Gasteiger partial charge in [0.15, 0.2) is 0 Å². The molecule has 0 spiro atoms. The van der Waals surface area contributed by atoms with E-state index in [0.717, 1.165) is 11.1 Å². The van der Waals surface area contributed by atoms with Crippen LogP contribution < -0.4 is 5.73 Å². The van der Waals surface area contributed by atoms with Gasteiger partial charge in [-0.3, -0.25) is 4.79 Å². The van der Waals surface area contributed by atoms with Crippen LogP contribution >= 0.6 is 0 Å². The summed E-state index contributed by atoms with van der Waals surface area (Å²) >= 11 is 0. The number of likely N-dealkylation sites (tertiary alicyclic amines) is 1. The molecule has 0 aromatic heterocycles. The lowest BCUT2D eigenvalue weighted by Crippen LogP contribution is -2.49. The number of carbonyl (C=O) groups excluding carboxylic acids is 2. The number of ether oxygens (including phenoxy) is 2.